The van der Waals surface area contributed by atoms with Gasteiger partial charge >= 0.3 is 0 Å². The smallest absolute Gasteiger partial charge is 0.238 e. The van der Waals surface area contributed by atoms with Crippen LogP contribution in [0.4, 0.5) is 11.4 Å². The largest absolute Gasteiger partial charge is 0.325 e. The van der Waals surface area contributed by atoms with Crippen molar-refractivity contribution in [2.45, 2.75) is 19.8 Å². The number of fused-ring (bicyclic) bond motifs is 1. The van der Waals surface area contributed by atoms with Gasteiger partial charge in [-0.15, -0.1) is 0 Å². The van der Waals surface area contributed by atoms with Crippen LogP contribution in [0.25, 0.3) is 0 Å². The summed E-state index contributed by atoms with van der Waals surface area (Å²) in [6.45, 7) is 2.57. The molecule has 0 spiro atoms. The van der Waals surface area contributed by atoms with Gasteiger partial charge in [0.15, 0.2) is 0 Å². The number of likely N-dealkylation sites (N-methyl/N-ethyl adjacent to an activating group) is 1. The Balaban J connectivity index is 2.20. The summed E-state index contributed by atoms with van der Waals surface area (Å²) in [6.07, 6.45) is 0.197. The van der Waals surface area contributed by atoms with Gasteiger partial charge in [0.1, 0.15) is 6.42 Å². The van der Waals surface area contributed by atoms with E-state index in [9.17, 15) is 9.59 Å². The first kappa shape index (κ1) is 12.1. The molecule has 1 N–H and O–H groups in total. The molecule has 0 saturated heterocycles. The van der Waals surface area contributed by atoms with E-state index >= 15 is 0 Å². The summed E-state index contributed by atoms with van der Waals surface area (Å²) < 4.78 is 0. The second-order valence-corrected chi connectivity index (χ2v) is 4.04. The molecule has 0 atom stereocenters. The summed E-state index contributed by atoms with van der Waals surface area (Å²) in [6, 6.07) is 7.15. The third-order valence-electron chi connectivity index (χ3n) is 2.85. The third-order valence-corrected chi connectivity index (χ3v) is 2.85. The molecule has 0 unspecified atom stereocenters. The Labute approximate surface area is 105 Å². The van der Waals surface area contributed by atoms with Gasteiger partial charge in [-0.25, -0.2) is 0 Å². The van der Waals surface area contributed by atoms with E-state index in [4.69, 9.17) is 5.26 Å². The lowest BCUT2D eigenvalue weighted by Crippen LogP contribution is -2.25. The SMILES string of the molecule is CCN1C(=O)Cc2cc(NC(=O)CC#N)ccc21. The molecular formula is C13H13N3O2. The van der Waals surface area contributed by atoms with Crippen molar-refractivity contribution < 1.29 is 9.59 Å². The predicted molar refractivity (Wildman–Crippen MR) is 67.0 cm³/mol. The fourth-order valence-corrected chi connectivity index (χ4v) is 2.08. The number of benzene rings is 1. The first-order chi connectivity index (χ1) is 8.65. The van der Waals surface area contributed by atoms with Gasteiger partial charge in [0.05, 0.1) is 12.5 Å². The van der Waals surface area contributed by atoms with Gasteiger partial charge in [0.2, 0.25) is 11.8 Å². The van der Waals surface area contributed by atoms with Crippen LogP contribution in [-0.4, -0.2) is 18.4 Å². The van der Waals surface area contributed by atoms with E-state index in [1.807, 2.05) is 13.0 Å². The fourth-order valence-electron chi connectivity index (χ4n) is 2.08. The maximum Gasteiger partial charge on any atom is 0.238 e. The number of hydrogen-bond acceptors (Lipinski definition) is 3. The molecule has 1 aliphatic rings. The molecule has 1 aromatic rings. The van der Waals surface area contributed by atoms with Crippen LogP contribution in [0, 0.1) is 11.3 Å². The number of nitriles is 1. The number of hydrogen-bond donors (Lipinski definition) is 1. The zero-order chi connectivity index (χ0) is 13.1. The lowest BCUT2D eigenvalue weighted by atomic mass is 10.1. The number of amides is 2. The number of rotatable bonds is 3. The van der Waals surface area contributed by atoms with Crippen molar-refractivity contribution in [2.75, 3.05) is 16.8 Å². The van der Waals surface area contributed by atoms with Crippen LogP contribution in [0.1, 0.15) is 18.9 Å². The quantitative estimate of drug-likeness (QED) is 0.873. The topological polar surface area (TPSA) is 73.2 Å². The van der Waals surface area contributed by atoms with Gasteiger partial charge in [0, 0.05) is 17.9 Å². The Kier molecular flexibility index (Phi) is 3.28. The average Bonchev–Trinajstić information content (AvgIpc) is 2.63. The summed E-state index contributed by atoms with van der Waals surface area (Å²) in [5.41, 5.74) is 2.44. The van der Waals surface area contributed by atoms with E-state index < -0.39 is 0 Å². The van der Waals surface area contributed by atoms with Crippen LogP contribution >= 0.6 is 0 Å². The molecule has 5 heteroatoms. The van der Waals surface area contributed by atoms with Gasteiger partial charge in [-0.1, -0.05) is 0 Å². The van der Waals surface area contributed by atoms with Gasteiger partial charge in [-0.3, -0.25) is 9.59 Å². The van der Waals surface area contributed by atoms with Gasteiger partial charge < -0.3 is 10.2 Å². The molecule has 2 amide bonds. The van der Waals surface area contributed by atoms with Gasteiger partial charge in [-0.05, 0) is 30.7 Å². The monoisotopic (exact) mass is 243 g/mol. The second-order valence-electron chi connectivity index (χ2n) is 4.04. The van der Waals surface area contributed by atoms with E-state index in [-0.39, 0.29) is 18.2 Å². The van der Waals surface area contributed by atoms with Crippen molar-refractivity contribution in [3.05, 3.63) is 23.8 Å². The minimum atomic E-state index is -0.339. The lowest BCUT2D eigenvalue weighted by Gasteiger charge is -2.14. The molecule has 1 heterocycles. The maximum absolute atomic E-state index is 11.7. The van der Waals surface area contributed by atoms with Crippen molar-refractivity contribution >= 4 is 23.2 Å². The second kappa shape index (κ2) is 4.88. The van der Waals surface area contributed by atoms with Crippen molar-refractivity contribution in [2.24, 2.45) is 0 Å². The van der Waals surface area contributed by atoms with Crippen molar-refractivity contribution in [3.63, 3.8) is 0 Å². The fraction of sp³-hybridized carbons (Fsp3) is 0.308. The molecule has 0 saturated carbocycles. The highest BCUT2D eigenvalue weighted by molar-refractivity contribution is 6.02. The van der Waals surface area contributed by atoms with Crippen LogP contribution in [0.5, 0.6) is 0 Å². The Morgan fingerprint density at radius 3 is 3.00 bits per heavy atom. The molecule has 0 radical (unpaired) electrons. The molecule has 0 aromatic heterocycles. The first-order valence-electron chi connectivity index (χ1n) is 5.75. The molecule has 0 bridgehead atoms. The summed E-state index contributed by atoms with van der Waals surface area (Å²) in [7, 11) is 0. The average molecular weight is 243 g/mol. The molecule has 5 nitrogen and oxygen atoms in total. The van der Waals surface area contributed by atoms with Crippen LogP contribution in [-0.2, 0) is 16.0 Å². The first-order valence-corrected chi connectivity index (χ1v) is 5.75. The summed E-state index contributed by atoms with van der Waals surface area (Å²) in [5.74, 6) is -0.262. The predicted octanol–water partition coefficient (Wildman–Crippen LogP) is 1.45. The third kappa shape index (κ3) is 2.18. The highest BCUT2D eigenvalue weighted by Gasteiger charge is 2.25. The Bertz CT molecular complexity index is 546. The number of carbonyl (C=O) groups is 2. The molecule has 2 rings (SSSR count). The van der Waals surface area contributed by atoms with Crippen LogP contribution in [0.3, 0.4) is 0 Å². The minimum Gasteiger partial charge on any atom is -0.325 e. The summed E-state index contributed by atoms with van der Waals surface area (Å²) in [5, 5.41) is 11.0. The zero-order valence-corrected chi connectivity index (χ0v) is 10.1. The molecule has 18 heavy (non-hydrogen) atoms. The Morgan fingerprint density at radius 1 is 1.56 bits per heavy atom. The summed E-state index contributed by atoms with van der Waals surface area (Å²) in [4.78, 5) is 24.7. The maximum atomic E-state index is 11.7. The Morgan fingerprint density at radius 2 is 2.33 bits per heavy atom. The van der Waals surface area contributed by atoms with Crippen molar-refractivity contribution in [3.8, 4) is 6.07 Å². The molecule has 92 valence electrons. The van der Waals surface area contributed by atoms with E-state index in [0.717, 1.165) is 11.3 Å². The molecule has 1 aliphatic heterocycles. The van der Waals surface area contributed by atoms with E-state index in [2.05, 4.69) is 5.32 Å². The van der Waals surface area contributed by atoms with Gasteiger partial charge in [0.25, 0.3) is 0 Å². The van der Waals surface area contributed by atoms with Gasteiger partial charge in [-0.2, -0.15) is 5.26 Å². The highest BCUT2D eigenvalue weighted by Crippen LogP contribution is 2.30. The van der Waals surface area contributed by atoms with Crippen molar-refractivity contribution in [1.82, 2.24) is 0 Å². The number of anilines is 2. The lowest BCUT2D eigenvalue weighted by molar-refractivity contribution is -0.117. The molecule has 1 aromatic carbocycles. The number of carbonyl (C=O) groups excluding carboxylic acids is 2. The number of nitrogens with one attached hydrogen (secondary N) is 1. The van der Waals surface area contributed by atoms with Crippen LogP contribution in [0.15, 0.2) is 18.2 Å². The van der Waals surface area contributed by atoms with E-state index in [1.54, 1.807) is 23.1 Å². The Hall–Kier alpha value is -2.35. The van der Waals surface area contributed by atoms with Crippen molar-refractivity contribution in [1.29, 1.82) is 5.26 Å². The zero-order valence-electron chi connectivity index (χ0n) is 10.1. The number of nitrogens with zero attached hydrogens (tertiary/aromatic N) is 2. The van der Waals surface area contributed by atoms with Crippen LogP contribution in [0.2, 0.25) is 0 Å². The minimum absolute atomic E-state index is 0.0769. The van der Waals surface area contributed by atoms with E-state index in [1.165, 1.54) is 0 Å². The molecule has 0 aliphatic carbocycles. The normalized spacial score (nSPS) is 13.1. The van der Waals surface area contributed by atoms with Crippen LogP contribution < -0.4 is 10.2 Å². The molecular weight excluding hydrogens is 230 g/mol. The highest BCUT2D eigenvalue weighted by atomic mass is 16.2. The summed E-state index contributed by atoms with van der Waals surface area (Å²) >= 11 is 0. The molecule has 0 fully saturated rings. The van der Waals surface area contributed by atoms with E-state index in [0.29, 0.717) is 18.7 Å². The standard InChI is InChI=1S/C13H13N3O2/c1-2-16-11-4-3-10(15-12(17)5-6-14)7-9(11)8-13(16)18/h3-4,7H,2,5,8H2,1H3,(H,15,17).